The van der Waals surface area contributed by atoms with Crippen LogP contribution >= 0.6 is 0 Å². The van der Waals surface area contributed by atoms with Crippen molar-refractivity contribution in [3.63, 3.8) is 0 Å². The number of hydrogen-bond donors (Lipinski definition) is 2. The van der Waals surface area contributed by atoms with Crippen LogP contribution in [0.25, 0.3) is 0 Å². The smallest absolute Gasteiger partial charge is 0.257 e. The lowest BCUT2D eigenvalue weighted by Crippen LogP contribution is -2.49. The number of hydrogen-bond acceptors (Lipinski definition) is 3. The number of amides is 1. The third-order valence-corrected chi connectivity index (χ3v) is 6.66. The molecule has 1 saturated heterocycles. The number of aliphatic hydroxyl groups is 2. The van der Waals surface area contributed by atoms with E-state index < -0.39 is 35.2 Å². The first kappa shape index (κ1) is 20.0. The van der Waals surface area contributed by atoms with E-state index >= 15 is 0 Å². The molecule has 1 aliphatic carbocycles. The van der Waals surface area contributed by atoms with E-state index in [1.807, 2.05) is 37.3 Å². The number of carbonyl (C=O) groups is 1. The average Bonchev–Trinajstić information content (AvgIpc) is 2.96. The molecular formula is C23H25F2NO3. The summed E-state index contributed by atoms with van der Waals surface area (Å²) in [6.07, 6.45) is 0.305. The fourth-order valence-electron chi connectivity index (χ4n) is 5.13. The minimum atomic E-state index is -0.989. The van der Waals surface area contributed by atoms with Crippen LogP contribution in [0.3, 0.4) is 0 Å². The summed E-state index contributed by atoms with van der Waals surface area (Å²) in [4.78, 5) is 15.1. The number of aliphatic hydroxyl groups excluding tert-OH is 2. The van der Waals surface area contributed by atoms with Crippen molar-refractivity contribution in [3.05, 3.63) is 71.3 Å². The second-order valence-electron chi connectivity index (χ2n) is 8.43. The molecule has 1 amide bonds. The summed E-state index contributed by atoms with van der Waals surface area (Å²) in [5, 5.41) is 21.3. The summed E-state index contributed by atoms with van der Waals surface area (Å²) >= 11 is 0. The van der Waals surface area contributed by atoms with Crippen LogP contribution in [0.1, 0.15) is 54.6 Å². The Morgan fingerprint density at radius 3 is 2.52 bits per heavy atom. The van der Waals surface area contributed by atoms with E-state index in [9.17, 15) is 23.8 Å². The van der Waals surface area contributed by atoms with Gasteiger partial charge in [0.2, 0.25) is 0 Å². The van der Waals surface area contributed by atoms with Crippen LogP contribution in [-0.2, 0) is 0 Å². The van der Waals surface area contributed by atoms with E-state index in [0.29, 0.717) is 31.7 Å². The van der Waals surface area contributed by atoms with E-state index in [4.69, 9.17) is 0 Å². The van der Waals surface area contributed by atoms with Crippen LogP contribution in [0.15, 0.2) is 48.5 Å². The average molecular weight is 401 g/mol. The molecule has 2 aliphatic rings. The highest BCUT2D eigenvalue weighted by atomic mass is 19.1. The molecule has 4 nitrogen and oxygen atoms in total. The number of benzene rings is 2. The van der Waals surface area contributed by atoms with Gasteiger partial charge in [-0.05, 0) is 43.4 Å². The van der Waals surface area contributed by atoms with Gasteiger partial charge in [-0.2, -0.15) is 0 Å². The largest absolute Gasteiger partial charge is 0.390 e. The Morgan fingerprint density at radius 2 is 1.83 bits per heavy atom. The summed E-state index contributed by atoms with van der Waals surface area (Å²) < 4.78 is 27.8. The molecule has 29 heavy (non-hydrogen) atoms. The highest BCUT2D eigenvalue weighted by molar-refractivity contribution is 5.95. The molecule has 5 atom stereocenters. The molecule has 2 aromatic carbocycles. The highest BCUT2D eigenvalue weighted by Crippen LogP contribution is 2.53. The molecule has 0 spiro atoms. The topological polar surface area (TPSA) is 60.8 Å². The Hall–Kier alpha value is -2.31. The monoisotopic (exact) mass is 401 g/mol. The van der Waals surface area contributed by atoms with Crippen LogP contribution in [0.2, 0.25) is 0 Å². The Labute approximate surface area is 168 Å². The molecule has 4 rings (SSSR count). The molecule has 154 valence electrons. The maximum absolute atomic E-state index is 14.4. The van der Waals surface area contributed by atoms with E-state index in [2.05, 4.69) is 0 Å². The standard InChI is InChI=1S/C23H25F2NO3/c1-23-13-18(14-6-3-2-4-7-14)26(20(23)9-5-8-19(27)21(23)28)22(29)16-11-10-15(24)12-17(16)25/h2-4,6-7,10-12,18-21,27-28H,5,8-9,13H2,1H3/t18-,19-,20-,21+,23-/m1/s1. The molecule has 0 bridgehead atoms. The molecule has 0 aromatic heterocycles. The summed E-state index contributed by atoms with van der Waals surface area (Å²) in [5.74, 6) is -2.16. The Morgan fingerprint density at radius 1 is 1.10 bits per heavy atom. The van der Waals surface area contributed by atoms with E-state index in [0.717, 1.165) is 11.6 Å². The van der Waals surface area contributed by atoms with Crippen molar-refractivity contribution >= 4 is 5.91 Å². The SMILES string of the molecule is C[C@@]12C[C@H](c3ccccc3)N(C(=O)c3ccc(F)cc3F)[C@@H]1CCC[C@@H](O)[C@@H]2O. The Kier molecular flexibility index (Phi) is 5.17. The lowest BCUT2D eigenvalue weighted by atomic mass is 9.74. The van der Waals surface area contributed by atoms with Crippen molar-refractivity contribution in [2.45, 2.75) is 56.9 Å². The van der Waals surface area contributed by atoms with Crippen LogP contribution in [-0.4, -0.2) is 39.3 Å². The van der Waals surface area contributed by atoms with Crippen molar-refractivity contribution in [1.82, 2.24) is 4.90 Å². The first-order valence-electron chi connectivity index (χ1n) is 10.0. The number of carbonyl (C=O) groups excluding carboxylic acids is 1. The summed E-state index contributed by atoms with van der Waals surface area (Å²) in [5.41, 5.74) is -0.0296. The normalized spacial score (nSPS) is 32.0. The van der Waals surface area contributed by atoms with Crippen LogP contribution < -0.4 is 0 Å². The quantitative estimate of drug-likeness (QED) is 0.804. The van der Waals surface area contributed by atoms with Gasteiger partial charge in [0.1, 0.15) is 11.6 Å². The van der Waals surface area contributed by atoms with Gasteiger partial charge in [0.05, 0.1) is 23.8 Å². The van der Waals surface area contributed by atoms with Gasteiger partial charge in [0.25, 0.3) is 5.91 Å². The van der Waals surface area contributed by atoms with Gasteiger partial charge < -0.3 is 15.1 Å². The first-order chi connectivity index (χ1) is 13.8. The Bertz CT molecular complexity index is 906. The predicted octanol–water partition coefficient (Wildman–Crippen LogP) is 3.83. The van der Waals surface area contributed by atoms with Crippen LogP contribution in [0.5, 0.6) is 0 Å². The fraction of sp³-hybridized carbons (Fsp3) is 0.435. The maximum atomic E-state index is 14.4. The van der Waals surface area contributed by atoms with Crippen LogP contribution in [0, 0.1) is 17.0 Å². The number of likely N-dealkylation sites (tertiary alicyclic amines) is 1. The summed E-state index contributed by atoms with van der Waals surface area (Å²) in [6, 6.07) is 11.7. The molecule has 0 unspecified atom stereocenters. The lowest BCUT2D eigenvalue weighted by molar-refractivity contribution is -0.0612. The van der Waals surface area contributed by atoms with Gasteiger partial charge in [-0.25, -0.2) is 8.78 Å². The van der Waals surface area contributed by atoms with E-state index in [-0.39, 0.29) is 17.6 Å². The van der Waals surface area contributed by atoms with Gasteiger partial charge in [0, 0.05) is 17.5 Å². The molecule has 0 radical (unpaired) electrons. The number of fused-ring (bicyclic) bond motifs is 1. The minimum absolute atomic E-state index is 0.184. The van der Waals surface area contributed by atoms with Gasteiger partial charge >= 0.3 is 0 Å². The van der Waals surface area contributed by atoms with E-state index in [1.54, 1.807) is 4.90 Å². The maximum Gasteiger partial charge on any atom is 0.257 e. The highest BCUT2D eigenvalue weighted by Gasteiger charge is 2.57. The number of halogens is 2. The summed E-state index contributed by atoms with van der Waals surface area (Å²) in [6.45, 7) is 1.89. The minimum Gasteiger partial charge on any atom is -0.390 e. The second kappa shape index (κ2) is 7.50. The van der Waals surface area contributed by atoms with Crippen molar-refractivity contribution in [2.24, 2.45) is 5.41 Å². The molecule has 1 heterocycles. The van der Waals surface area contributed by atoms with Gasteiger partial charge in [-0.3, -0.25) is 4.79 Å². The lowest BCUT2D eigenvalue weighted by Gasteiger charge is -2.38. The van der Waals surface area contributed by atoms with Gasteiger partial charge in [-0.15, -0.1) is 0 Å². The van der Waals surface area contributed by atoms with Crippen molar-refractivity contribution in [1.29, 1.82) is 0 Å². The van der Waals surface area contributed by atoms with Gasteiger partial charge in [0.15, 0.2) is 0 Å². The van der Waals surface area contributed by atoms with Crippen molar-refractivity contribution < 1.29 is 23.8 Å². The zero-order valence-corrected chi connectivity index (χ0v) is 16.3. The van der Waals surface area contributed by atoms with Crippen molar-refractivity contribution in [3.8, 4) is 0 Å². The predicted molar refractivity (Wildman–Crippen MR) is 104 cm³/mol. The first-order valence-corrected chi connectivity index (χ1v) is 10.0. The number of rotatable bonds is 2. The second-order valence-corrected chi connectivity index (χ2v) is 8.43. The third-order valence-electron chi connectivity index (χ3n) is 6.66. The third kappa shape index (κ3) is 3.34. The Balaban J connectivity index is 1.81. The molecule has 2 aromatic rings. The molecule has 1 saturated carbocycles. The summed E-state index contributed by atoms with van der Waals surface area (Å²) in [7, 11) is 0. The van der Waals surface area contributed by atoms with Crippen molar-refractivity contribution in [2.75, 3.05) is 0 Å². The molecule has 6 heteroatoms. The zero-order chi connectivity index (χ0) is 20.8. The molecule has 2 N–H and O–H groups in total. The van der Waals surface area contributed by atoms with Gasteiger partial charge in [-0.1, -0.05) is 37.3 Å². The van der Waals surface area contributed by atoms with Crippen LogP contribution in [0.4, 0.5) is 8.78 Å². The molecule has 1 aliphatic heterocycles. The fourth-order valence-corrected chi connectivity index (χ4v) is 5.13. The zero-order valence-electron chi connectivity index (χ0n) is 16.3. The van der Waals surface area contributed by atoms with E-state index in [1.165, 1.54) is 6.07 Å². The number of nitrogens with zero attached hydrogens (tertiary/aromatic N) is 1. The molecular weight excluding hydrogens is 376 g/mol. The molecule has 2 fully saturated rings.